The van der Waals surface area contributed by atoms with Crippen LogP contribution in [0, 0.1) is 21.7 Å². The molecular formula is C9H7F2NO3. The lowest BCUT2D eigenvalue weighted by Gasteiger charge is -2.01. The Balaban J connectivity index is 3.15. The van der Waals surface area contributed by atoms with E-state index < -0.39 is 22.2 Å². The Morgan fingerprint density at radius 3 is 2.47 bits per heavy atom. The van der Waals surface area contributed by atoms with Gasteiger partial charge in [0.2, 0.25) is 0 Å². The van der Waals surface area contributed by atoms with Gasteiger partial charge < -0.3 is 4.79 Å². The number of nitro groups is 1. The second-order valence-corrected chi connectivity index (χ2v) is 2.86. The summed E-state index contributed by atoms with van der Waals surface area (Å²) in [6, 6.07) is 1.27. The van der Waals surface area contributed by atoms with E-state index in [4.69, 9.17) is 0 Å². The van der Waals surface area contributed by atoms with E-state index in [-0.39, 0.29) is 18.4 Å². The van der Waals surface area contributed by atoms with E-state index in [1.807, 2.05) is 0 Å². The SMILES string of the molecule is O=CCCc1cc(F)c(F)cc1[N+](=O)[O-]. The summed E-state index contributed by atoms with van der Waals surface area (Å²) in [4.78, 5) is 19.7. The molecule has 0 fully saturated rings. The highest BCUT2D eigenvalue weighted by molar-refractivity contribution is 5.51. The number of nitrogens with zero attached hydrogens (tertiary/aromatic N) is 1. The molecule has 1 rings (SSSR count). The first-order valence-electron chi connectivity index (χ1n) is 4.12. The molecule has 0 aliphatic rings. The normalized spacial score (nSPS) is 10.0. The van der Waals surface area contributed by atoms with Gasteiger partial charge in [-0.15, -0.1) is 0 Å². The second-order valence-electron chi connectivity index (χ2n) is 2.86. The minimum atomic E-state index is -1.27. The summed E-state index contributed by atoms with van der Waals surface area (Å²) in [5, 5.41) is 10.5. The molecule has 0 spiro atoms. The molecule has 0 saturated carbocycles. The fraction of sp³-hybridized carbons (Fsp3) is 0.222. The summed E-state index contributed by atoms with van der Waals surface area (Å²) in [7, 11) is 0. The Kier molecular flexibility index (Phi) is 3.43. The molecule has 0 radical (unpaired) electrons. The van der Waals surface area contributed by atoms with Crippen LogP contribution in [0.2, 0.25) is 0 Å². The van der Waals surface area contributed by atoms with Crippen molar-refractivity contribution in [3.05, 3.63) is 39.4 Å². The number of hydrogen-bond acceptors (Lipinski definition) is 3. The summed E-state index contributed by atoms with van der Waals surface area (Å²) in [6.45, 7) is 0. The molecule has 0 saturated heterocycles. The van der Waals surface area contributed by atoms with E-state index in [2.05, 4.69) is 0 Å². The third-order valence-electron chi connectivity index (χ3n) is 1.85. The second kappa shape index (κ2) is 4.59. The molecule has 0 N–H and O–H groups in total. The van der Waals surface area contributed by atoms with E-state index in [0.29, 0.717) is 12.4 Å². The highest BCUT2D eigenvalue weighted by atomic mass is 19.2. The van der Waals surface area contributed by atoms with Gasteiger partial charge in [-0.1, -0.05) is 0 Å². The number of aryl methyl sites for hydroxylation is 1. The topological polar surface area (TPSA) is 60.2 Å². The largest absolute Gasteiger partial charge is 0.303 e. The van der Waals surface area contributed by atoms with E-state index in [1.165, 1.54) is 0 Å². The zero-order chi connectivity index (χ0) is 11.4. The number of aldehydes is 1. The van der Waals surface area contributed by atoms with Crippen molar-refractivity contribution in [2.24, 2.45) is 0 Å². The summed E-state index contributed by atoms with van der Waals surface area (Å²) in [5.41, 5.74) is -0.484. The van der Waals surface area contributed by atoms with Gasteiger partial charge in [-0.05, 0) is 12.5 Å². The maximum Gasteiger partial charge on any atom is 0.275 e. The Hall–Kier alpha value is -1.85. The van der Waals surface area contributed by atoms with Crippen LogP contribution in [0.25, 0.3) is 0 Å². The van der Waals surface area contributed by atoms with Crippen molar-refractivity contribution < 1.29 is 18.5 Å². The van der Waals surface area contributed by atoms with E-state index in [1.54, 1.807) is 0 Å². The van der Waals surface area contributed by atoms with Gasteiger partial charge >= 0.3 is 0 Å². The highest BCUT2D eigenvalue weighted by Gasteiger charge is 2.17. The average Bonchev–Trinajstić information content (AvgIpc) is 2.19. The zero-order valence-electron chi connectivity index (χ0n) is 7.57. The van der Waals surface area contributed by atoms with Crippen LogP contribution < -0.4 is 0 Å². The molecule has 0 aliphatic heterocycles. The number of rotatable bonds is 4. The number of benzene rings is 1. The van der Waals surface area contributed by atoms with Crippen LogP contribution >= 0.6 is 0 Å². The van der Waals surface area contributed by atoms with Gasteiger partial charge in [0.25, 0.3) is 5.69 Å². The van der Waals surface area contributed by atoms with Gasteiger partial charge in [0, 0.05) is 12.0 Å². The van der Waals surface area contributed by atoms with E-state index >= 15 is 0 Å². The molecular weight excluding hydrogens is 208 g/mol. The number of hydrogen-bond donors (Lipinski definition) is 0. The first kappa shape index (κ1) is 11.2. The lowest BCUT2D eigenvalue weighted by atomic mass is 10.1. The standard InChI is InChI=1S/C9H7F2NO3/c10-7-4-6(2-1-3-13)9(12(14)15)5-8(7)11/h3-5H,1-2H2. The highest BCUT2D eigenvalue weighted by Crippen LogP contribution is 2.23. The summed E-state index contributed by atoms with van der Waals surface area (Å²) < 4.78 is 25.5. The van der Waals surface area contributed by atoms with Gasteiger partial charge in [0.15, 0.2) is 11.6 Å². The fourth-order valence-corrected chi connectivity index (χ4v) is 1.16. The molecule has 4 nitrogen and oxygen atoms in total. The molecule has 0 bridgehead atoms. The molecule has 0 heterocycles. The Morgan fingerprint density at radius 1 is 1.33 bits per heavy atom. The average molecular weight is 215 g/mol. The molecule has 6 heteroatoms. The number of nitro benzene ring substituents is 1. The van der Waals surface area contributed by atoms with Crippen molar-refractivity contribution in [1.29, 1.82) is 0 Å². The van der Waals surface area contributed by atoms with Crippen molar-refractivity contribution in [1.82, 2.24) is 0 Å². The molecule has 15 heavy (non-hydrogen) atoms. The molecule has 1 aromatic carbocycles. The van der Waals surface area contributed by atoms with Gasteiger partial charge in [0.1, 0.15) is 6.29 Å². The Labute approximate surface area is 83.7 Å². The first-order valence-corrected chi connectivity index (χ1v) is 4.12. The van der Waals surface area contributed by atoms with Crippen LogP contribution in [0.5, 0.6) is 0 Å². The van der Waals surface area contributed by atoms with Crippen LogP contribution in [-0.2, 0) is 11.2 Å². The van der Waals surface area contributed by atoms with Crippen LogP contribution in [0.4, 0.5) is 14.5 Å². The molecule has 0 amide bonds. The first-order chi connectivity index (χ1) is 7.06. The third-order valence-corrected chi connectivity index (χ3v) is 1.85. The Bertz CT molecular complexity index is 407. The quantitative estimate of drug-likeness (QED) is 0.438. The maximum absolute atomic E-state index is 12.8. The van der Waals surface area contributed by atoms with Crippen LogP contribution in [-0.4, -0.2) is 11.2 Å². The van der Waals surface area contributed by atoms with Crippen LogP contribution in [0.1, 0.15) is 12.0 Å². The van der Waals surface area contributed by atoms with Crippen molar-refractivity contribution in [3.8, 4) is 0 Å². The number of carbonyl (C=O) groups is 1. The molecule has 0 unspecified atom stereocenters. The van der Waals surface area contributed by atoms with E-state index in [0.717, 1.165) is 6.07 Å². The minimum Gasteiger partial charge on any atom is -0.303 e. The molecule has 0 aliphatic carbocycles. The number of carbonyl (C=O) groups excluding carboxylic acids is 1. The van der Waals surface area contributed by atoms with Crippen molar-refractivity contribution in [3.63, 3.8) is 0 Å². The predicted octanol–water partition coefficient (Wildman–Crippen LogP) is 2.00. The molecule has 0 atom stereocenters. The van der Waals surface area contributed by atoms with Crippen molar-refractivity contribution >= 4 is 12.0 Å². The predicted molar refractivity (Wildman–Crippen MR) is 47.4 cm³/mol. The lowest BCUT2D eigenvalue weighted by Crippen LogP contribution is -1.99. The monoisotopic (exact) mass is 215 g/mol. The smallest absolute Gasteiger partial charge is 0.275 e. The third kappa shape index (κ3) is 2.55. The fourth-order valence-electron chi connectivity index (χ4n) is 1.16. The lowest BCUT2D eigenvalue weighted by molar-refractivity contribution is -0.385. The minimum absolute atomic E-state index is 0.0194. The van der Waals surface area contributed by atoms with Gasteiger partial charge in [-0.3, -0.25) is 10.1 Å². The molecule has 1 aromatic rings. The number of halogens is 2. The maximum atomic E-state index is 12.8. The van der Waals surface area contributed by atoms with Gasteiger partial charge in [-0.25, -0.2) is 8.78 Å². The van der Waals surface area contributed by atoms with Gasteiger partial charge in [-0.2, -0.15) is 0 Å². The Morgan fingerprint density at radius 2 is 1.93 bits per heavy atom. The van der Waals surface area contributed by atoms with Crippen LogP contribution in [0.15, 0.2) is 12.1 Å². The molecule has 0 aromatic heterocycles. The van der Waals surface area contributed by atoms with Crippen molar-refractivity contribution in [2.75, 3.05) is 0 Å². The van der Waals surface area contributed by atoms with E-state index in [9.17, 15) is 23.7 Å². The van der Waals surface area contributed by atoms with Crippen molar-refractivity contribution in [2.45, 2.75) is 12.8 Å². The summed E-state index contributed by atoms with van der Waals surface area (Å²) in [5.74, 6) is -2.42. The van der Waals surface area contributed by atoms with Gasteiger partial charge in [0.05, 0.1) is 11.0 Å². The molecule has 80 valence electrons. The summed E-state index contributed by atoms with van der Waals surface area (Å²) in [6.07, 6.45) is 0.619. The van der Waals surface area contributed by atoms with Crippen LogP contribution in [0.3, 0.4) is 0 Å². The zero-order valence-corrected chi connectivity index (χ0v) is 7.57. The summed E-state index contributed by atoms with van der Waals surface area (Å²) >= 11 is 0.